The van der Waals surface area contributed by atoms with Gasteiger partial charge in [-0.2, -0.15) is 5.10 Å². The van der Waals surface area contributed by atoms with Gasteiger partial charge in [-0.3, -0.25) is 5.10 Å². The van der Waals surface area contributed by atoms with E-state index in [0.29, 0.717) is 0 Å². The smallest absolute Gasteiger partial charge is 0.121 e. The van der Waals surface area contributed by atoms with Crippen LogP contribution in [0.2, 0.25) is 5.02 Å². The Morgan fingerprint density at radius 2 is 2.00 bits per heavy atom. The molecule has 0 aliphatic carbocycles. The number of H-pyrrole nitrogens is 1. The molecule has 1 heterocycles. The molecule has 1 aromatic heterocycles. The third kappa shape index (κ3) is 1.34. The summed E-state index contributed by atoms with van der Waals surface area (Å²) in [5.41, 5.74) is 2.01. The van der Waals surface area contributed by atoms with E-state index in [1.807, 2.05) is 24.3 Å². The number of nitrogens with zero attached hydrogens (tertiary/aromatic N) is 1. The van der Waals surface area contributed by atoms with E-state index in [1.54, 1.807) is 6.20 Å². The Morgan fingerprint density at radius 3 is 2.58 bits per heavy atom. The highest BCUT2D eigenvalue weighted by Crippen LogP contribution is 2.19. The lowest BCUT2D eigenvalue weighted by molar-refractivity contribution is 1.08. The number of nitrogens with one attached hydrogen (secondary N) is 1. The summed E-state index contributed by atoms with van der Waals surface area (Å²) in [5, 5.41) is 7.18. The summed E-state index contributed by atoms with van der Waals surface area (Å²) in [6.45, 7) is 0. The van der Waals surface area contributed by atoms with Crippen molar-refractivity contribution in [2.45, 2.75) is 0 Å². The van der Waals surface area contributed by atoms with E-state index in [2.05, 4.69) is 16.4 Å². The van der Waals surface area contributed by atoms with Crippen molar-refractivity contribution in [2.24, 2.45) is 0 Å². The van der Waals surface area contributed by atoms with E-state index < -0.39 is 0 Å². The number of hydrogen-bond acceptors (Lipinski definition) is 1. The fourth-order valence-corrected chi connectivity index (χ4v) is 1.12. The van der Waals surface area contributed by atoms with Crippen molar-refractivity contribution in [3.63, 3.8) is 0 Å². The minimum Gasteiger partial charge on any atom is -0.284 e. The summed E-state index contributed by atoms with van der Waals surface area (Å²) in [5.74, 6) is 0. The van der Waals surface area contributed by atoms with E-state index in [0.717, 1.165) is 16.1 Å². The number of rotatable bonds is 1. The lowest BCUT2D eigenvalue weighted by atomic mass is 10.1. The first kappa shape index (κ1) is 7.37. The van der Waals surface area contributed by atoms with Crippen LogP contribution >= 0.6 is 11.6 Å². The second-order valence-corrected chi connectivity index (χ2v) is 2.85. The lowest BCUT2D eigenvalue weighted by Crippen LogP contribution is -1.72. The van der Waals surface area contributed by atoms with Gasteiger partial charge in [-0.15, -0.1) is 0 Å². The maximum absolute atomic E-state index is 5.74. The van der Waals surface area contributed by atoms with E-state index in [1.165, 1.54) is 0 Å². The summed E-state index contributed by atoms with van der Waals surface area (Å²) in [6, 6.07) is 7.56. The standard InChI is InChI=1S/C9H6ClN2/c10-9-3-1-7(2-4-9)8-5-11-12-6-8/h1-5H,(H,11,12). The van der Waals surface area contributed by atoms with Gasteiger partial charge in [0.1, 0.15) is 6.20 Å². The van der Waals surface area contributed by atoms with Crippen LogP contribution in [0.5, 0.6) is 0 Å². The molecule has 2 nitrogen and oxygen atoms in total. The molecule has 0 aliphatic heterocycles. The largest absolute Gasteiger partial charge is 0.284 e. The highest BCUT2D eigenvalue weighted by atomic mass is 35.5. The first-order valence-electron chi connectivity index (χ1n) is 3.53. The molecule has 2 aromatic rings. The maximum atomic E-state index is 5.74. The van der Waals surface area contributed by atoms with Crippen molar-refractivity contribution in [1.82, 2.24) is 10.2 Å². The van der Waals surface area contributed by atoms with Gasteiger partial charge in [-0.25, -0.2) is 0 Å². The molecule has 1 radical (unpaired) electrons. The van der Waals surface area contributed by atoms with Crippen LogP contribution in [0, 0.1) is 6.20 Å². The second-order valence-electron chi connectivity index (χ2n) is 2.42. The number of aromatic nitrogens is 2. The Labute approximate surface area is 75.2 Å². The molecule has 59 valence electrons. The number of aromatic amines is 1. The molecule has 2 rings (SSSR count). The number of hydrogen-bond donors (Lipinski definition) is 1. The lowest BCUT2D eigenvalue weighted by Gasteiger charge is -1.94. The Bertz CT molecular complexity index is 351. The molecule has 0 unspecified atom stereocenters. The zero-order valence-electron chi connectivity index (χ0n) is 6.21. The van der Waals surface area contributed by atoms with Gasteiger partial charge < -0.3 is 0 Å². The third-order valence-corrected chi connectivity index (χ3v) is 1.86. The van der Waals surface area contributed by atoms with E-state index >= 15 is 0 Å². The fourth-order valence-electron chi connectivity index (χ4n) is 0.999. The van der Waals surface area contributed by atoms with Crippen LogP contribution in [0.1, 0.15) is 0 Å². The zero-order chi connectivity index (χ0) is 8.39. The number of halogens is 1. The molecule has 0 saturated heterocycles. The molecule has 0 aliphatic rings. The highest BCUT2D eigenvalue weighted by molar-refractivity contribution is 6.30. The predicted octanol–water partition coefficient (Wildman–Crippen LogP) is 2.53. The molecule has 0 fully saturated rings. The Morgan fingerprint density at radius 1 is 1.25 bits per heavy atom. The van der Waals surface area contributed by atoms with Gasteiger partial charge in [0.25, 0.3) is 0 Å². The van der Waals surface area contributed by atoms with Gasteiger partial charge in [0, 0.05) is 16.8 Å². The molecule has 3 heteroatoms. The van der Waals surface area contributed by atoms with Crippen LogP contribution in [0.4, 0.5) is 0 Å². The molecule has 0 saturated carbocycles. The Kier molecular flexibility index (Phi) is 1.84. The zero-order valence-corrected chi connectivity index (χ0v) is 6.97. The van der Waals surface area contributed by atoms with E-state index in [4.69, 9.17) is 11.6 Å². The quantitative estimate of drug-likeness (QED) is 0.713. The van der Waals surface area contributed by atoms with Crippen molar-refractivity contribution in [3.05, 3.63) is 41.7 Å². The van der Waals surface area contributed by atoms with Crippen molar-refractivity contribution in [1.29, 1.82) is 0 Å². The molecule has 0 bridgehead atoms. The van der Waals surface area contributed by atoms with Gasteiger partial charge in [0.15, 0.2) is 0 Å². The van der Waals surface area contributed by atoms with Gasteiger partial charge in [-0.05, 0) is 17.7 Å². The van der Waals surface area contributed by atoms with Crippen molar-refractivity contribution in [2.75, 3.05) is 0 Å². The van der Waals surface area contributed by atoms with Gasteiger partial charge in [0.2, 0.25) is 0 Å². The average molecular weight is 178 g/mol. The van der Waals surface area contributed by atoms with Crippen LogP contribution in [-0.4, -0.2) is 10.2 Å². The first-order valence-corrected chi connectivity index (χ1v) is 3.91. The maximum Gasteiger partial charge on any atom is 0.121 e. The van der Waals surface area contributed by atoms with Crippen LogP contribution in [0.3, 0.4) is 0 Å². The first-order chi connectivity index (χ1) is 5.86. The third-order valence-electron chi connectivity index (χ3n) is 1.61. The summed E-state index contributed by atoms with van der Waals surface area (Å²) in [6.07, 6.45) is 4.62. The van der Waals surface area contributed by atoms with Gasteiger partial charge >= 0.3 is 0 Å². The van der Waals surface area contributed by atoms with Crippen LogP contribution in [0.25, 0.3) is 11.1 Å². The molecule has 1 aromatic carbocycles. The highest BCUT2D eigenvalue weighted by Gasteiger charge is 1.97. The second kappa shape index (κ2) is 2.99. The Balaban J connectivity index is 2.43. The van der Waals surface area contributed by atoms with Crippen LogP contribution < -0.4 is 0 Å². The van der Waals surface area contributed by atoms with Gasteiger partial charge in [-0.1, -0.05) is 23.7 Å². The predicted molar refractivity (Wildman–Crippen MR) is 47.9 cm³/mol. The van der Waals surface area contributed by atoms with Crippen LogP contribution in [0.15, 0.2) is 30.5 Å². The van der Waals surface area contributed by atoms with Crippen molar-refractivity contribution < 1.29 is 0 Å². The average Bonchev–Trinajstić information content (AvgIpc) is 2.58. The number of benzene rings is 1. The van der Waals surface area contributed by atoms with Gasteiger partial charge in [0.05, 0.1) is 0 Å². The van der Waals surface area contributed by atoms with E-state index in [-0.39, 0.29) is 0 Å². The monoisotopic (exact) mass is 177 g/mol. The molecule has 1 N–H and O–H groups in total. The minimum absolute atomic E-state index is 0.738. The van der Waals surface area contributed by atoms with Crippen LogP contribution in [-0.2, 0) is 0 Å². The molecule has 0 amide bonds. The Hall–Kier alpha value is -1.28. The molecular formula is C9H6ClN2. The summed E-state index contributed by atoms with van der Waals surface area (Å²) >= 11 is 5.74. The normalized spacial score (nSPS) is 10.1. The van der Waals surface area contributed by atoms with E-state index in [9.17, 15) is 0 Å². The topological polar surface area (TPSA) is 28.7 Å². The van der Waals surface area contributed by atoms with Crippen molar-refractivity contribution >= 4 is 11.6 Å². The molecule has 12 heavy (non-hydrogen) atoms. The molecule has 0 atom stereocenters. The van der Waals surface area contributed by atoms with Crippen molar-refractivity contribution in [3.8, 4) is 11.1 Å². The summed E-state index contributed by atoms with van der Waals surface area (Å²) in [4.78, 5) is 0. The molecule has 0 spiro atoms. The fraction of sp³-hybridized carbons (Fsp3) is 0. The SMILES string of the molecule is Clc1ccc(-c2[c]n[nH]c2)cc1. The summed E-state index contributed by atoms with van der Waals surface area (Å²) < 4.78 is 0. The summed E-state index contributed by atoms with van der Waals surface area (Å²) in [7, 11) is 0. The minimum atomic E-state index is 0.738. The molecular weight excluding hydrogens is 172 g/mol.